The van der Waals surface area contributed by atoms with E-state index in [0.717, 1.165) is 11.3 Å². The molecule has 2 rings (SSSR count). The van der Waals surface area contributed by atoms with E-state index < -0.39 is 0 Å². The fourth-order valence-electron chi connectivity index (χ4n) is 1.93. The highest BCUT2D eigenvalue weighted by Crippen LogP contribution is 2.10. The van der Waals surface area contributed by atoms with Crippen LogP contribution in [0.25, 0.3) is 5.65 Å². The molecule has 84 valence electrons. The highest BCUT2D eigenvalue weighted by atomic mass is 16.1. The zero-order valence-electron chi connectivity index (χ0n) is 10.0. The van der Waals surface area contributed by atoms with E-state index in [0.29, 0.717) is 5.69 Å². The van der Waals surface area contributed by atoms with Gasteiger partial charge in [0.05, 0.1) is 13.2 Å². The second-order valence-corrected chi connectivity index (χ2v) is 4.00. The molecule has 0 aliphatic rings. The normalized spacial score (nSPS) is 10.8. The van der Waals surface area contributed by atoms with Crippen molar-refractivity contribution in [3.05, 3.63) is 35.3 Å². The van der Waals surface area contributed by atoms with Gasteiger partial charge in [-0.05, 0) is 18.6 Å². The van der Waals surface area contributed by atoms with Crippen LogP contribution in [0, 0.1) is 13.8 Å². The van der Waals surface area contributed by atoms with E-state index >= 15 is 0 Å². The number of rotatable bonds is 1. The SMILES string of the molecule is CNC(=O)c1c(C)n(C)c2cc(C)cc[n+]12. The minimum absolute atomic E-state index is 0.0584. The van der Waals surface area contributed by atoms with Gasteiger partial charge in [0, 0.05) is 20.0 Å². The van der Waals surface area contributed by atoms with Gasteiger partial charge in [0.2, 0.25) is 5.69 Å². The summed E-state index contributed by atoms with van der Waals surface area (Å²) in [7, 11) is 3.62. The molecule has 1 N–H and O–H groups in total. The Hall–Kier alpha value is -1.84. The summed E-state index contributed by atoms with van der Waals surface area (Å²) < 4.78 is 3.94. The van der Waals surface area contributed by atoms with Crippen molar-refractivity contribution >= 4 is 11.6 Å². The standard InChI is InChI=1S/C12H15N3O/c1-8-5-6-15-10(7-8)14(4)9(2)11(15)12(16)13-3/h5-7H,1-4H3/p+1. The fraction of sp³-hybridized carbons (Fsp3) is 0.333. The molecule has 4 nitrogen and oxygen atoms in total. The van der Waals surface area contributed by atoms with Crippen molar-refractivity contribution in [2.24, 2.45) is 7.05 Å². The van der Waals surface area contributed by atoms with Gasteiger partial charge in [-0.3, -0.25) is 4.79 Å². The average molecular weight is 218 g/mol. The number of aromatic nitrogens is 2. The van der Waals surface area contributed by atoms with Gasteiger partial charge < -0.3 is 5.32 Å². The van der Waals surface area contributed by atoms with Crippen molar-refractivity contribution in [2.45, 2.75) is 13.8 Å². The van der Waals surface area contributed by atoms with Crippen molar-refractivity contribution < 1.29 is 9.20 Å². The monoisotopic (exact) mass is 218 g/mol. The van der Waals surface area contributed by atoms with Crippen LogP contribution in [0.5, 0.6) is 0 Å². The predicted octanol–water partition coefficient (Wildman–Crippen LogP) is 0.740. The van der Waals surface area contributed by atoms with Gasteiger partial charge in [-0.15, -0.1) is 0 Å². The Balaban J connectivity index is 2.84. The van der Waals surface area contributed by atoms with E-state index in [1.807, 2.05) is 42.1 Å². The fourth-order valence-corrected chi connectivity index (χ4v) is 1.93. The Morgan fingerprint density at radius 2 is 2.12 bits per heavy atom. The first-order chi connectivity index (χ1) is 7.56. The molecule has 0 unspecified atom stereocenters. The smallest absolute Gasteiger partial charge is 0.295 e. The third-order valence-electron chi connectivity index (χ3n) is 2.96. The Bertz CT molecular complexity index is 569. The van der Waals surface area contributed by atoms with E-state index in [2.05, 4.69) is 11.4 Å². The summed E-state index contributed by atoms with van der Waals surface area (Å²) in [6.45, 7) is 3.99. The molecular weight excluding hydrogens is 202 g/mol. The summed E-state index contributed by atoms with van der Waals surface area (Å²) in [5, 5.41) is 2.67. The lowest BCUT2D eigenvalue weighted by atomic mass is 10.3. The Morgan fingerprint density at radius 3 is 2.75 bits per heavy atom. The summed E-state index contributed by atoms with van der Waals surface area (Å²) in [6, 6.07) is 4.07. The molecule has 0 atom stereocenters. The van der Waals surface area contributed by atoms with Crippen LogP contribution in [0.15, 0.2) is 18.3 Å². The Labute approximate surface area is 94.5 Å². The first kappa shape index (κ1) is 10.7. The molecular formula is C12H16N3O+. The third kappa shape index (κ3) is 1.38. The lowest BCUT2D eigenvalue weighted by Crippen LogP contribution is -2.33. The molecule has 2 aromatic heterocycles. The van der Waals surface area contributed by atoms with Gasteiger partial charge in [-0.2, -0.15) is 4.40 Å². The van der Waals surface area contributed by atoms with Crippen LogP contribution in [0.1, 0.15) is 21.7 Å². The third-order valence-corrected chi connectivity index (χ3v) is 2.96. The number of fused-ring (bicyclic) bond motifs is 1. The topological polar surface area (TPSA) is 38.1 Å². The molecule has 0 radical (unpaired) electrons. The highest BCUT2D eigenvalue weighted by Gasteiger charge is 2.24. The maximum Gasteiger partial charge on any atom is 0.295 e. The largest absolute Gasteiger partial charge is 0.352 e. The second-order valence-electron chi connectivity index (χ2n) is 4.00. The molecule has 0 aliphatic heterocycles. The first-order valence-electron chi connectivity index (χ1n) is 5.25. The molecule has 2 aromatic rings. The zero-order chi connectivity index (χ0) is 11.9. The highest BCUT2D eigenvalue weighted by molar-refractivity contribution is 5.92. The summed E-state index contributed by atoms with van der Waals surface area (Å²) in [6.07, 6.45) is 1.93. The summed E-state index contributed by atoms with van der Waals surface area (Å²) in [5.41, 5.74) is 3.87. The number of hydrogen-bond donors (Lipinski definition) is 1. The zero-order valence-corrected chi connectivity index (χ0v) is 10.0. The first-order valence-corrected chi connectivity index (χ1v) is 5.25. The molecule has 2 heterocycles. The number of imidazole rings is 1. The molecule has 0 fully saturated rings. The Kier molecular flexibility index (Phi) is 2.42. The van der Waals surface area contributed by atoms with Crippen LogP contribution in [0.2, 0.25) is 0 Å². The number of nitrogens with one attached hydrogen (secondary N) is 1. The van der Waals surface area contributed by atoms with Crippen LogP contribution < -0.4 is 9.72 Å². The van der Waals surface area contributed by atoms with Gasteiger partial charge in [-0.25, -0.2) is 4.57 Å². The molecule has 0 spiro atoms. The van der Waals surface area contributed by atoms with E-state index in [-0.39, 0.29) is 5.91 Å². The van der Waals surface area contributed by atoms with E-state index in [1.54, 1.807) is 7.05 Å². The van der Waals surface area contributed by atoms with Crippen LogP contribution in [0.4, 0.5) is 0 Å². The van der Waals surface area contributed by atoms with E-state index in [9.17, 15) is 4.79 Å². The number of pyridine rings is 1. The molecule has 0 saturated carbocycles. The minimum atomic E-state index is -0.0584. The molecule has 0 aromatic carbocycles. The van der Waals surface area contributed by atoms with Gasteiger partial charge in [-0.1, -0.05) is 0 Å². The van der Waals surface area contributed by atoms with Crippen LogP contribution in [-0.4, -0.2) is 17.5 Å². The van der Waals surface area contributed by atoms with E-state index in [1.165, 1.54) is 5.56 Å². The summed E-state index contributed by atoms with van der Waals surface area (Å²) in [5.74, 6) is -0.0584. The molecule has 4 heteroatoms. The number of amides is 1. The minimum Gasteiger partial charge on any atom is -0.352 e. The molecule has 0 saturated heterocycles. The van der Waals surface area contributed by atoms with Crippen LogP contribution in [-0.2, 0) is 7.05 Å². The number of carbonyl (C=O) groups excluding carboxylic acids is 1. The molecule has 1 amide bonds. The van der Waals surface area contributed by atoms with Crippen LogP contribution in [0.3, 0.4) is 0 Å². The number of nitrogens with zero attached hydrogens (tertiary/aromatic N) is 2. The maximum atomic E-state index is 11.8. The van der Waals surface area contributed by atoms with Gasteiger partial charge in [0.15, 0.2) is 5.69 Å². The van der Waals surface area contributed by atoms with Crippen molar-refractivity contribution in [1.29, 1.82) is 0 Å². The second kappa shape index (κ2) is 3.63. The van der Waals surface area contributed by atoms with Crippen molar-refractivity contribution in [2.75, 3.05) is 7.05 Å². The summed E-state index contributed by atoms with van der Waals surface area (Å²) >= 11 is 0. The maximum absolute atomic E-state index is 11.8. The molecule has 0 bridgehead atoms. The van der Waals surface area contributed by atoms with Gasteiger partial charge >= 0.3 is 0 Å². The van der Waals surface area contributed by atoms with Crippen molar-refractivity contribution in [3.63, 3.8) is 0 Å². The van der Waals surface area contributed by atoms with Crippen LogP contribution >= 0.6 is 0 Å². The van der Waals surface area contributed by atoms with Crippen molar-refractivity contribution in [1.82, 2.24) is 9.88 Å². The lowest BCUT2D eigenvalue weighted by molar-refractivity contribution is -0.513. The average Bonchev–Trinajstić information content (AvgIpc) is 2.52. The number of hydrogen-bond acceptors (Lipinski definition) is 1. The van der Waals surface area contributed by atoms with Crippen molar-refractivity contribution in [3.8, 4) is 0 Å². The number of aryl methyl sites for hydroxylation is 2. The van der Waals surface area contributed by atoms with Gasteiger partial charge in [0.25, 0.3) is 11.6 Å². The quantitative estimate of drug-likeness (QED) is 0.704. The molecule has 0 aliphatic carbocycles. The predicted molar refractivity (Wildman–Crippen MR) is 61.4 cm³/mol. The lowest BCUT2D eigenvalue weighted by Gasteiger charge is -1.95. The number of carbonyl (C=O) groups is 1. The molecule has 16 heavy (non-hydrogen) atoms. The Morgan fingerprint density at radius 1 is 1.44 bits per heavy atom. The van der Waals surface area contributed by atoms with Gasteiger partial charge in [0.1, 0.15) is 0 Å². The summed E-state index contributed by atoms with van der Waals surface area (Å²) in [4.78, 5) is 11.8. The van der Waals surface area contributed by atoms with E-state index in [4.69, 9.17) is 0 Å².